The number of hydrogen-bond acceptors (Lipinski definition) is 5. The molecule has 1 N–H and O–H groups in total. The van der Waals surface area contributed by atoms with E-state index in [0.717, 1.165) is 32.0 Å². The highest BCUT2D eigenvalue weighted by molar-refractivity contribution is 5.92. The molecule has 2 heterocycles. The molecule has 1 saturated heterocycles. The highest BCUT2D eigenvalue weighted by Crippen LogP contribution is 2.20. The highest BCUT2D eigenvalue weighted by atomic mass is 16.2. The number of rotatable bonds is 3. The Balaban J connectivity index is 1.57. The number of carbonyl (C=O) groups excluding carboxylic acids is 1. The number of nitrogens with one attached hydrogen (secondary N) is 1. The Morgan fingerprint density at radius 3 is 2.45 bits per heavy atom. The second-order valence-corrected chi connectivity index (χ2v) is 6.36. The molecule has 0 aromatic carbocycles. The normalized spacial score (nSPS) is 20.9. The molecule has 1 amide bonds. The molecule has 1 aromatic heterocycles. The maximum Gasteiger partial charge on any atom is 0.274 e. The highest BCUT2D eigenvalue weighted by Gasteiger charge is 2.21. The molecule has 0 unspecified atom stereocenters. The van der Waals surface area contributed by atoms with Crippen molar-refractivity contribution >= 4 is 11.7 Å². The van der Waals surface area contributed by atoms with Crippen LogP contribution in [0.2, 0.25) is 0 Å². The first-order valence-corrected chi connectivity index (χ1v) is 8.29. The Bertz CT molecular complexity index is 490. The molecule has 3 rings (SSSR count). The number of amides is 1. The Kier molecular flexibility index (Phi) is 4.87. The van der Waals surface area contributed by atoms with Crippen molar-refractivity contribution in [1.29, 1.82) is 0 Å². The fourth-order valence-corrected chi connectivity index (χ4v) is 3.14. The van der Waals surface area contributed by atoms with Gasteiger partial charge in [-0.15, -0.1) is 0 Å². The first-order chi connectivity index (χ1) is 10.7. The van der Waals surface area contributed by atoms with Gasteiger partial charge in [0.2, 0.25) is 0 Å². The van der Waals surface area contributed by atoms with E-state index in [1.165, 1.54) is 32.1 Å². The molecular weight excluding hydrogens is 278 g/mol. The lowest BCUT2D eigenvalue weighted by molar-refractivity contribution is 0.0658. The predicted octanol–water partition coefficient (Wildman–Crippen LogP) is 1.61. The third-order valence-electron chi connectivity index (χ3n) is 4.62. The van der Waals surface area contributed by atoms with Crippen molar-refractivity contribution in [2.45, 2.75) is 38.1 Å². The van der Waals surface area contributed by atoms with E-state index in [1.807, 2.05) is 4.90 Å². The summed E-state index contributed by atoms with van der Waals surface area (Å²) < 4.78 is 0. The van der Waals surface area contributed by atoms with Crippen molar-refractivity contribution in [3.05, 3.63) is 18.1 Å². The average Bonchev–Trinajstić information content (AvgIpc) is 2.57. The van der Waals surface area contributed by atoms with Crippen LogP contribution in [0.3, 0.4) is 0 Å². The lowest BCUT2D eigenvalue weighted by Crippen LogP contribution is -2.47. The molecule has 2 aliphatic rings. The largest absolute Gasteiger partial charge is 0.366 e. The summed E-state index contributed by atoms with van der Waals surface area (Å²) in [5, 5.41) is 3.43. The van der Waals surface area contributed by atoms with Gasteiger partial charge in [-0.05, 0) is 19.9 Å². The van der Waals surface area contributed by atoms with Crippen LogP contribution < -0.4 is 5.32 Å². The molecule has 6 nitrogen and oxygen atoms in total. The number of hydrogen-bond donors (Lipinski definition) is 1. The average molecular weight is 303 g/mol. The van der Waals surface area contributed by atoms with Crippen LogP contribution in [0.25, 0.3) is 0 Å². The molecule has 0 bridgehead atoms. The molecular formula is C16H25N5O. The van der Waals surface area contributed by atoms with Crippen LogP contribution in [0.4, 0.5) is 5.82 Å². The van der Waals surface area contributed by atoms with Gasteiger partial charge < -0.3 is 15.1 Å². The summed E-state index contributed by atoms with van der Waals surface area (Å²) in [6, 6.07) is 0.502. The van der Waals surface area contributed by atoms with Gasteiger partial charge in [-0.1, -0.05) is 19.3 Å². The minimum absolute atomic E-state index is 0.00943. The standard InChI is InChI=1S/C16H25N5O/c1-20-7-9-21(10-8-20)16(22)14-11-18-15(12-17-14)19-13-5-3-2-4-6-13/h11-13H,2-10H2,1H3,(H,18,19). The van der Waals surface area contributed by atoms with Crippen molar-refractivity contribution in [2.24, 2.45) is 0 Å². The van der Waals surface area contributed by atoms with Gasteiger partial charge in [0.25, 0.3) is 5.91 Å². The van der Waals surface area contributed by atoms with E-state index in [-0.39, 0.29) is 5.91 Å². The molecule has 120 valence electrons. The molecule has 1 aromatic rings. The van der Waals surface area contributed by atoms with Gasteiger partial charge in [0.15, 0.2) is 0 Å². The minimum Gasteiger partial charge on any atom is -0.366 e. The van der Waals surface area contributed by atoms with Gasteiger partial charge in [0, 0.05) is 32.2 Å². The van der Waals surface area contributed by atoms with E-state index in [0.29, 0.717) is 11.7 Å². The van der Waals surface area contributed by atoms with Crippen LogP contribution >= 0.6 is 0 Å². The second-order valence-electron chi connectivity index (χ2n) is 6.36. The third kappa shape index (κ3) is 3.74. The lowest BCUT2D eigenvalue weighted by Gasteiger charge is -2.32. The van der Waals surface area contributed by atoms with Crippen molar-refractivity contribution < 1.29 is 4.79 Å². The molecule has 2 fully saturated rings. The van der Waals surface area contributed by atoms with Crippen LogP contribution in [-0.4, -0.2) is 64.9 Å². The molecule has 0 spiro atoms. The van der Waals surface area contributed by atoms with Crippen LogP contribution in [0.5, 0.6) is 0 Å². The van der Waals surface area contributed by atoms with Crippen molar-refractivity contribution in [1.82, 2.24) is 19.8 Å². The van der Waals surface area contributed by atoms with E-state index in [1.54, 1.807) is 12.4 Å². The molecule has 1 saturated carbocycles. The molecule has 1 aliphatic carbocycles. The Hall–Kier alpha value is -1.69. The van der Waals surface area contributed by atoms with E-state index in [2.05, 4.69) is 27.2 Å². The molecule has 0 atom stereocenters. The molecule has 6 heteroatoms. The van der Waals surface area contributed by atoms with E-state index >= 15 is 0 Å². The Labute approximate surface area is 131 Å². The quantitative estimate of drug-likeness (QED) is 0.919. The summed E-state index contributed by atoms with van der Waals surface area (Å²) in [7, 11) is 2.08. The van der Waals surface area contributed by atoms with Crippen molar-refractivity contribution in [3.63, 3.8) is 0 Å². The fourth-order valence-electron chi connectivity index (χ4n) is 3.14. The van der Waals surface area contributed by atoms with Gasteiger partial charge >= 0.3 is 0 Å². The van der Waals surface area contributed by atoms with Crippen molar-refractivity contribution in [3.8, 4) is 0 Å². The molecule has 0 radical (unpaired) electrons. The van der Waals surface area contributed by atoms with Gasteiger partial charge in [0.05, 0.1) is 12.4 Å². The zero-order chi connectivity index (χ0) is 15.4. The van der Waals surface area contributed by atoms with Gasteiger partial charge in [-0.25, -0.2) is 9.97 Å². The van der Waals surface area contributed by atoms with E-state index in [9.17, 15) is 4.79 Å². The number of carbonyl (C=O) groups is 1. The second kappa shape index (κ2) is 7.05. The minimum atomic E-state index is -0.00943. The van der Waals surface area contributed by atoms with Crippen molar-refractivity contribution in [2.75, 3.05) is 38.5 Å². The van der Waals surface area contributed by atoms with Crippen LogP contribution in [0.1, 0.15) is 42.6 Å². The number of aromatic nitrogens is 2. The van der Waals surface area contributed by atoms with E-state index < -0.39 is 0 Å². The van der Waals surface area contributed by atoms with Crippen LogP contribution in [-0.2, 0) is 0 Å². The Morgan fingerprint density at radius 1 is 1.09 bits per heavy atom. The molecule has 22 heavy (non-hydrogen) atoms. The van der Waals surface area contributed by atoms with Crippen LogP contribution in [0, 0.1) is 0 Å². The lowest BCUT2D eigenvalue weighted by atomic mass is 9.96. The number of anilines is 1. The summed E-state index contributed by atoms with van der Waals surface area (Å²) in [5.41, 5.74) is 0.443. The van der Waals surface area contributed by atoms with Gasteiger partial charge in [0.1, 0.15) is 11.5 Å². The van der Waals surface area contributed by atoms with E-state index in [4.69, 9.17) is 0 Å². The maximum atomic E-state index is 12.4. The predicted molar refractivity (Wildman–Crippen MR) is 85.9 cm³/mol. The van der Waals surface area contributed by atoms with Crippen LogP contribution in [0.15, 0.2) is 12.4 Å². The number of likely N-dealkylation sites (N-methyl/N-ethyl adjacent to an activating group) is 1. The zero-order valence-electron chi connectivity index (χ0n) is 13.3. The monoisotopic (exact) mass is 303 g/mol. The summed E-state index contributed by atoms with van der Waals surface area (Å²) in [5.74, 6) is 0.770. The van der Waals surface area contributed by atoms with Gasteiger partial charge in [-0.2, -0.15) is 0 Å². The smallest absolute Gasteiger partial charge is 0.274 e. The summed E-state index contributed by atoms with van der Waals surface area (Å²) in [6.07, 6.45) is 9.59. The third-order valence-corrected chi connectivity index (χ3v) is 4.62. The summed E-state index contributed by atoms with van der Waals surface area (Å²) in [4.78, 5) is 25.2. The molecule has 1 aliphatic heterocycles. The first-order valence-electron chi connectivity index (χ1n) is 8.29. The maximum absolute atomic E-state index is 12.4. The fraction of sp³-hybridized carbons (Fsp3) is 0.688. The Morgan fingerprint density at radius 2 is 1.82 bits per heavy atom. The zero-order valence-corrected chi connectivity index (χ0v) is 13.3. The number of piperazine rings is 1. The summed E-state index contributed by atoms with van der Waals surface area (Å²) >= 11 is 0. The SMILES string of the molecule is CN1CCN(C(=O)c2cnc(NC3CCCCC3)cn2)CC1. The first kappa shape index (κ1) is 15.2. The van der Waals surface area contributed by atoms with Gasteiger partial charge in [-0.3, -0.25) is 4.79 Å². The summed E-state index contributed by atoms with van der Waals surface area (Å²) in [6.45, 7) is 3.36. The number of nitrogens with zero attached hydrogens (tertiary/aromatic N) is 4. The topological polar surface area (TPSA) is 61.4 Å².